The zero-order valence-corrected chi connectivity index (χ0v) is 17.2. The fourth-order valence-corrected chi connectivity index (χ4v) is 2.78. The van der Waals surface area contributed by atoms with Crippen LogP contribution in [0.2, 0.25) is 0 Å². The number of hydroxylamine groups is 2. The minimum atomic E-state index is -0.243. The average Bonchev–Trinajstić information content (AvgIpc) is 2.57. The second kappa shape index (κ2) is 11.3. The highest BCUT2D eigenvalue weighted by Gasteiger charge is 2.33. The van der Waals surface area contributed by atoms with Crippen molar-refractivity contribution in [2.45, 2.75) is 66.0 Å². The zero-order valence-electron chi connectivity index (χ0n) is 17.2. The molecule has 0 radical (unpaired) electrons. The van der Waals surface area contributed by atoms with Crippen LogP contribution in [0.3, 0.4) is 0 Å². The molecule has 0 saturated heterocycles. The first-order chi connectivity index (χ1) is 12.3. The van der Waals surface area contributed by atoms with Gasteiger partial charge in [0.2, 0.25) is 0 Å². The van der Waals surface area contributed by atoms with Gasteiger partial charge in [0.1, 0.15) is 6.73 Å². The third kappa shape index (κ3) is 7.85. The molecule has 1 atom stereocenters. The Kier molecular flexibility index (Phi) is 9.84. The lowest BCUT2D eigenvalue weighted by Crippen LogP contribution is -2.47. The minimum Gasteiger partial charge on any atom is -0.465 e. The molecule has 0 fully saturated rings. The van der Waals surface area contributed by atoms with E-state index in [2.05, 4.69) is 71.1 Å². The molecule has 1 rings (SSSR count). The van der Waals surface area contributed by atoms with Crippen molar-refractivity contribution in [1.82, 2.24) is 10.4 Å². The van der Waals surface area contributed by atoms with Gasteiger partial charge in [0.15, 0.2) is 0 Å². The van der Waals surface area contributed by atoms with Crippen LogP contribution in [0.4, 0.5) is 0 Å². The Bertz CT molecular complexity index is 512. The van der Waals surface area contributed by atoms with E-state index < -0.39 is 0 Å². The van der Waals surface area contributed by atoms with Crippen molar-refractivity contribution >= 4 is 5.97 Å². The van der Waals surface area contributed by atoms with Gasteiger partial charge in [0.05, 0.1) is 19.2 Å². The molecule has 5 heteroatoms. The summed E-state index contributed by atoms with van der Waals surface area (Å²) >= 11 is 0. The van der Waals surface area contributed by atoms with Crippen LogP contribution >= 0.6 is 0 Å². The molecule has 0 aliphatic carbocycles. The maximum absolute atomic E-state index is 11.7. The van der Waals surface area contributed by atoms with E-state index >= 15 is 0 Å². The van der Waals surface area contributed by atoms with E-state index in [0.717, 1.165) is 12.8 Å². The lowest BCUT2D eigenvalue weighted by Gasteiger charge is -2.42. The summed E-state index contributed by atoms with van der Waals surface area (Å²) in [6.45, 7) is 13.7. The third-order valence-corrected chi connectivity index (χ3v) is 4.02. The second-order valence-electron chi connectivity index (χ2n) is 7.87. The number of ether oxygens (including phenoxy) is 1. The predicted octanol–water partition coefficient (Wildman–Crippen LogP) is 4.31. The van der Waals surface area contributed by atoms with Crippen LogP contribution in [0.1, 0.15) is 66.0 Å². The highest BCUT2D eigenvalue weighted by atomic mass is 16.7. The highest BCUT2D eigenvalue weighted by Crippen LogP contribution is 2.34. The minimum absolute atomic E-state index is 0.120. The molecule has 0 heterocycles. The van der Waals surface area contributed by atoms with Crippen LogP contribution in [0.15, 0.2) is 30.3 Å². The molecule has 0 amide bonds. The quantitative estimate of drug-likeness (QED) is 0.274. The molecule has 0 spiro atoms. The number of nitrogens with one attached hydrogen (secondary N) is 1. The maximum atomic E-state index is 11.7. The van der Waals surface area contributed by atoms with Crippen molar-refractivity contribution in [3.63, 3.8) is 0 Å². The summed E-state index contributed by atoms with van der Waals surface area (Å²) in [7, 11) is 0. The smallest absolute Gasteiger partial charge is 0.319 e. The van der Waals surface area contributed by atoms with Crippen LogP contribution in [-0.4, -0.2) is 36.5 Å². The Balaban J connectivity index is 2.65. The monoisotopic (exact) mass is 364 g/mol. The molecule has 5 nitrogen and oxygen atoms in total. The van der Waals surface area contributed by atoms with Gasteiger partial charge in [-0.1, -0.05) is 57.5 Å². The summed E-state index contributed by atoms with van der Waals surface area (Å²) < 4.78 is 5.14. The normalized spacial score (nSPS) is 13.2. The molecule has 0 saturated carbocycles. The standard InChI is InChI=1S/C21H36N2O3/c1-7-8-14-25-19(24)15-22-16-26-23(21(4,5)6)20(17(2)3)18-12-10-9-11-13-18/h9-13,17,20,22H,7-8,14-16H2,1-6H3. The van der Waals surface area contributed by atoms with Gasteiger partial charge in [0, 0.05) is 5.54 Å². The van der Waals surface area contributed by atoms with Crippen molar-refractivity contribution in [1.29, 1.82) is 0 Å². The Morgan fingerprint density at radius 1 is 1.19 bits per heavy atom. The van der Waals surface area contributed by atoms with Gasteiger partial charge in [-0.2, -0.15) is 5.06 Å². The van der Waals surface area contributed by atoms with Crippen LogP contribution in [-0.2, 0) is 14.4 Å². The van der Waals surface area contributed by atoms with E-state index in [4.69, 9.17) is 9.57 Å². The SMILES string of the molecule is CCCCOC(=O)CNCON(C(c1ccccc1)C(C)C)C(C)(C)C. The number of unbranched alkanes of at least 4 members (excludes halogenated alkanes) is 1. The number of rotatable bonds is 11. The number of carbonyl (C=O) groups excluding carboxylic acids is 1. The molecule has 148 valence electrons. The van der Waals surface area contributed by atoms with Gasteiger partial charge in [-0.3, -0.25) is 14.9 Å². The number of nitrogens with zero attached hydrogens (tertiary/aromatic N) is 1. The number of benzene rings is 1. The van der Waals surface area contributed by atoms with Crippen LogP contribution < -0.4 is 5.32 Å². The second-order valence-corrected chi connectivity index (χ2v) is 7.87. The molecule has 1 N–H and O–H groups in total. The first-order valence-corrected chi connectivity index (χ1v) is 9.61. The molecule has 0 aliphatic rings. The first kappa shape index (κ1) is 22.6. The molecule has 1 unspecified atom stereocenters. The molecule has 26 heavy (non-hydrogen) atoms. The van der Waals surface area contributed by atoms with Crippen molar-refractivity contribution in [3.8, 4) is 0 Å². The van der Waals surface area contributed by atoms with Crippen LogP contribution in [0, 0.1) is 5.92 Å². The lowest BCUT2D eigenvalue weighted by atomic mass is 9.92. The number of carbonyl (C=O) groups is 1. The van der Waals surface area contributed by atoms with Gasteiger partial charge in [-0.25, -0.2) is 0 Å². The topological polar surface area (TPSA) is 50.8 Å². The summed E-state index contributed by atoms with van der Waals surface area (Å²) in [5, 5.41) is 5.05. The molecule has 0 aliphatic heterocycles. The number of esters is 1. The largest absolute Gasteiger partial charge is 0.465 e. The maximum Gasteiger partial charge on any atom is 0.319 e. The summed E-state index contributed by atoms with van der Waals surface area (Å²) in [6.07, 6.45) is 1.91. The van der Waals surface area contributed by atoms with E-state index in [1.54, 1.807) is 0 Å². The van der Waals surface area contributed by atoms with Crippen molar-refractivity contribution in [2.75, 3.05) is 19.9 Å². The van der Waals surface area contributed by atoms with E-state index in [-0.39, 0.29) is 30.8 Å². The van der Waals surface area contributed by atoms with Crippen molar-refractivity contribution < 1.29 is 14.4 Å². The Morgan fingerprint density at radius 3 is 2.38 bits per heavy atom. The lowest BCUT2D eigenvalue weighted by molar-refractivity contribution is -0.249. The third-order valence-electron chi connectivity index (χ3n) is 4.02. The average molecular weight is 365 g/mol. The molecule has 1 aromatic carbocycles. The summed E-state index contributed by atoms with van der Waals surface area (Å²) in [6, 6.07) is 10.5. The molecular weight excluding hydrogens is 328 g/mol. The molecule has 1 aromatic rings. The zero-order chi connectivity index (χ0) is 19.6. The van der Waals surface area contributed by atoms with E-state index in [1.807, 2.05) is 11.1 Å². The molecule has 0 bridgehead atoms. The first-order valence-electron chi connectivity index (χ1n) is 9.61. The number of hydrogen-bond donors (Lipinski definition) is 1. The summed E-state index contributed by atoms with van der Waals surface area (Å²) in [4.78, 5) is 17.7. The van der Waals surface area contributed by atoms with Crippen LogP contribution in [0.5, 0.6) is 0 Å². The van der Waals surface area contributed by atoms with Gasteiger partial charge in [-0.15, -0.1) is 0 Å². The molecular formula is C21H36N2O3. The summed E-state index contributed by atoms with van der Waals surface area (Å²) in [5.41, 5.74) is 1.03. The van der Waals surface area contributed by atoms with E-state index in [0.29, 0.717) is 12.5 Å². The summed E-state index contributed by atoms with van der Waals surface area (Å²) in [5.74, 6) is 0.128. The van der Waals surface area contributed by atoms with Gasteiger partial charge in [-0.05, 0) is 38.7 Å². The predicted molar refractivity (Wildman–Crippen MR) is 105 cm³/mol. The Morgan fingerprint density at radius 2 is 1.85 bits per heavy atom. The fraction of sp³-hybridized carbons (Fsp3) is 0.667. The Hall–Kier alpha value is -1.43. The van der Waals surface area contributed by atoms with E-state index in [9.17, 15) is 4.79 Å². The van der Waals surface area contributed by atoms with Crippen molar-refractivity contribution in [3.05, 3.63) is 35.9 Å². The fourth-order valence-electron chi connectivity index (χ4n) is 2.78. The van der Waals surface area contributed by atoms with Crippen molar-refractivity contribution in [2.24, 2.45) is 5.92 Å². The molecule has 0 aromatic heterocycles. The van der Waals surface area contributed by atoms with Gasteiger partial charge >= 0.3 is 5.97 Å². The number of hydrogen-bond acceptors (Lipinski definition) is 5. The van der Waals surface area contributed by atoms with E-state index in [1.165, 1.54) is 5.56 Å². The highest BCUT2D eigenvalue weighted by molar-refractivity contribution is 5.71. The Labute approximate surface area is 159 Å². The van der Waals surface area contributed by atoms with Gasteiger partial charge in [0.25, 0.3) is 0 Å². The van der Waals surface area contributed by atoms with Gasteiger partial charge < -0.3 is 4.74 Å². The van der Waals surface area contributed by atoms with Crippen LogP contribution in [0.25, 0.3) is 0 Å².